The molecule has 218 valence electrons. The molecular weight excluding hydrogens is 530 g/mol. The van der Waals surface area contributed by atoms with E-state index < -0.39 is 0 Å². The molecule has 0 bridgehead atoms. The van der Waals surface area contributed by atoms with Crippen LogP contribution in [0.2, 0.25) is 0 Å². The molecule has 0 spiro atoms. The molecule has 0 radical (unpaired) electrons. The van der Waals surface area contributed by atoms with Gasteiger partial charge in [0.05, 0.1) is 33.3 Å². The highest BCUT2D eigenvalue weighted by Gasteiger charge is 2.31. The Labute approximate surface area is 238 Å². The maximum Gasteiger partial charge on any atom is 0.310 e. The zero-order valence-corrected chi connectivity index (χ0v) is 23.6. The predicted molar refractivity (Wildman–Crippen MR) is 147 cm³/mol. The third kappa shape index (κ3) is 6.57. The van der Waals surface area contributed by atoms with Crippen LogP contribution in [0.1, 0.15) is 47.3 Å². The maximum atomic E-state index is 13.3. The van der Waals surface area contributed by atoms with Crippen LogP contribution in [0.4, 0.5) is 0 Å². The number of carbonyl (C=O) groups is 2. The van der Waals surface area contributed by atoms with E-state index in [-0.39, 0.29) is 30.3 Å². The molecule has 1 saturated heterocycles. The lowest BCUT2D eigenvalue weighted by molar-refractivity contribution is -0.149. The number of hydrogen-bond acceptors (Lipinski definition) is 10. The minimum Gasteiger partial charge on any atom is -0.493 e. The minimum absolute atomic E-state index is 0.203. The van der Waals surface area contributed by atoms with Gasteiger partial charge in [-0.1, -0.05) is 18.2 Å². The average molecular weight is 566 g/mol. The van der Waals surface area contributed by atoms with Crippen molar-refractivity contribution in [2.45, 2.75) is 39.4 Å². The van der Waals surface area contributed by atoms with E-state index in [2.05, 4.69) is 9.88 Å². The first kappa shape index (κ1) is 28.3. The molecule has 2 aliphatic heterocycles. The number of rotatable bonds is 11. The molecule has 0 aliphatic carbocycles. The van der Waals surface area contributed by atoms with Crippen molar-refractivity contribution < 1.29 is 37.7 Å². The van der Waals surface area contributed by atoms with Crippen LogP contribution in [0.25, 0.3) is 0 Å². The summed E-state index contributed by atoms with van der Waals surface area (Å²) in [6.45, 7) is 4.53. The van der Waals surface area contributed by atoms with Gasteiger partial charge >= 0.3 is 5.97 Å². The second-order valence-electron chi connectivity index (χ2n) is 9.95. The molecule has 11 heteroatoms. The van der Waals surface area contributed by atoms with E-state index in [4.69, 9.17) is 28.1 Å². The molecule has 41 heavy (non-hydrogen) atoms. The van der Waals surface area contributed by atoms with Crippen molar-refractivity contribution in [1.29, 1.82) is 0 Å². The fourth-order valence-electron chi connectivity index (χ4n) is 5.23. The number of oxazole rings is 1. The summed E-state index contributed by atoms with van der Waals surface area (Å²) in [4.78, 5) is 33.8. The van der Waals surface area contributed by atoms with Crippen molar-refractivity contribution in [3.8, 4) is 23.0 Å². The monoisotopic (exact) mass is 565 g/mol. The van der Waals surface area contributed by atoms with Gasteiger partial charge in [0, 0.05) is 31.7 Å². The number of amides is 1. The number of methoxy groups -OCH3 is 2. The van der Waals surface area contributed by atoms with E-state index in [1.165, 1.54) is 6.26 Å². The Morgan fingerprint density at radius 3 is 2.73 bits per heavy atom. The molecule has 0 saturated carbocycles. The van der Waals surface area contributed by atoms with E-state index in [1.807, 2.05) is 36.4 Å². The number of nitrogens with zero attached hydrogens (tertiary/aromatic N) is 3. The fourth-order valence-corrected chi connectivity index (χ4v) is 5.23. The summed E-state index contributed by atoms with van der Waals surface area (Å²) in [6.07, 6.45) is 2.82. The summed E-state index contributed by atoms with van der Waals surface area (Å²) in [5.74, 6) is 2.25. The van der Waals surface area contributed by atoms with Crippen LogP contribution in [0, 0.1) is 5.92 Å². The highest BCUT2D eigenvalue weighted by Crippen LogP contribution is 2.35. The van der Waals surface area contributed by atoms with Gasteiger partial charge in [-0.2, -0.15) is 0 Å². The molecule has 1 atom stereocenters. The first-order valence-electron chi connectivity index (χ1n) is 13.7. The number of hydrogen-bond donors (Lipinski definition) is 0. The molecular formula is C30H35N3O8. The zero-order chi connectivity index (χ0) is 28.8. The largest absolute Gasteiger partial charge is 0.493 e. The lowest BCUT2D eigenvalue weighted by Gasteiger charge is -2.30. The molecule has 0 unspecified atom stereocenters. The van der Waals surface area contributed by atoms with Crippen molar-refractivity contribution in [2.75, 3.05) is 40.7 Å². The van der Waals surface area contributed by atoms with Crippen LogP contribution in [0.15, 0.2) is 47.1 Å². The van der Waals surface area contributed by atoms with Crippen LogP contribution in [0.3, 0.4) is 0 Å². The number of fused-ring (bicyclic) bond motifs is 1. The molecule has 2 aliphatic rings. The second kappa shape index (κ2) is 12.9. The number of piperidine rings is 1. The van der Waals surface area contributed by atoms with E-state index >= 15 is 0 Å². The van der Waals surface area contributed by atoms with Crippen LogP contribution in [-0.2, 0) is 29.2 Å². The predicted octanol–water partition coefficient (Wildman–Crippen LogP) is 4.04. The van der Waals surface area contributed by atoms with Gasteiger partial charge in [-0.15, -0.1) is 0 Å². The quantitative estimate of drug-likeness (QED) is 0.316. The van der Waals surface area contributed by atoms with Gasteiger partial charge in [0.2, 0.25) is 12.7 Å². The summed E-state index contributed by atoms with van der Waals surface area (Å²) in [5, 5.41) is 0. The normalized spacial score (nSPS) is 16.1. The molecule has 3 aromatic rings. The van der Waals surface area contributed by atoms with Gasteiger partial charge in [-0.05, 0) is 43.5 Å². The molecule has 0 N–H and O–H groups in total. The highest BCUT2D eigenvalue weighted by molar-refractivity contribution is 5.92. The number of aromatic nitrogens is 1. The number of benzene rings is 2. The number of para-hydroxylation sites is 1. The van der Waals surface area contributed by atoms with Crippen molar-refractivity contribution in [3.63, 3.8) is 0 Å². The van der Waals surface area contributed by atoms with Gasteiger partial charge in [0.25, 0.3) is 5.91 Å². The van der Waals surface area contributed by atoms with Gasteiger partial charge in [0.1, 0.15) is 6.26 Å². The smallest absolute Gasteiger partial charge is 0.310 e. The van der Waals surface area contributed by atoms with Gasteiger partial charge in [-0.25, -0.2) is 4.98 Å². The third-order valence-electron chi connectivity index (χ3n) is 7.18. The summed E-state index contributed by atoms with van der Waals surface area (Å²) in [7, 11) is 3.22. The summed E-state index contributed by atoms with van der Waals surface area (Å²) in [5.41, 5.74) is 2.15. The molecule has 1 amide bonds. The molecule has 5 rings (SSSR count). The Bertz CT molecular complexity index is 1370. The summed E-state index contributed by atoms with van der Waals surface area (Å²) >= 11 is 0. The zero-order valence-electron chi connectivity index (χ0n) is 23.6. The van der Waals surface area contributed by atoms with Crippen LogP contribution < -0.4 is 18.9 Å². The first-order valence-corrected chi connectivity index (χ1v) is 13.7. The Hall–Kier alpha value is -4.25. The SMILES string of the molecule is CCOC(=O)[C@@H]1CCCN(C(=O)c2coc(CN(Cc3ccc4c(c3)OCO4)Cc3cccc(OC)c3OC)n2)C1. The minimum atomic E-state index is -0.325. The number of esters is 1. The Morgan fingerprint density at radius 1 is 1.07 bits per heavy atom. The first-order chi connectivity index (χ1) is 20.0. The number of likely N-dealkylation sites (tertiary alicyclic amines) is 1. The van der Waals surface area contributed by atoms with E-state index in [1.54, 1.807) is 26.0 Å². The molecule has 2 aromatic carbocycles. The molecule has 3 heterocycles. The van der Waals surface area contributed by atoms with Gasteiger partial charge < -0.3 is 33.0 Å². The standard InChI is InChI=1S/C30H35N3O8/c1-4-38-30(35)22-8-6-12-33(16-22)29(34)23-18-39-27(31-23)17-32(14-20-10-11-24-26(13-20)41-19-40-24)15-21-7-5-9-25(36-2)28(21)37-3/h5,7,9-11,13,18,22H,4,6,8,12,14-17,19H2,1-3H3/t22-/m1/s1. The third-order valence-corrected chi connectivity index (χ3v) is 7.18. The van der Waals surface area contributed by atoms with Crippen LogP contribution >= 0.6 is 0 Å². The lowest BCUT2D eigenvalue weighted by atomic mass is 9.98. The Kier molecular flexibility index (Phi) is 8.93. The Balaban J connectivity index is 1.34. The molecule has 1 fully saturated rings. The van der Waals surface area contributed by atoms with Crippen molar-refractivity contribution in [2.24, 2.45) is 5.92 Å². The maximum absolute atomic E-state index is 13.3. The molecule has 11 nitrogen and oxygen atoms in total. The fraction of sp³-hybridized carbons (Fsp3) is 0.433. The van der Waals surface area contributed by atoms with E-state index in [0.29, 0.717) is 74.6 Å². The summed E-state index contributed by atoms with van der Waals surface area (Å²) < 4.78 is 33.1. The Morgan fingerprint density at radius 2 is 1.93 bits per heavy atom. The van der Waals surface area contributed by atoms with Gasteiger partial charge in [-0.3, -0.25) is 14.5 Å². The topological polar surface area (TPSA) is 113 Å². The number of carbonyl (C=O) groups excluding carboxylic acids is 2. The molecule has 1 aromatic heterocycles. The van der Waals surface area contributed by atoms with Crippen molar-refractivity contribution >= 4 is 11.9 Å². The second-order valence-corrected chi connectivity index (χ2v) is 9.95. The van der Waals surface area contributed by atoms with Crippen LogP contribution in [-0.4, -0.2) is 67.4 Å². The van der Waals surface area contributed by atoms with Crippen molar-refractivity contribution in [3.05, 3.63) is 65.4 Å². The van der Waals surface area contributed by atoms with Crippen LogP contribution in [0.5, 0.6) is 23.0 Å². The van der Waals surface area contributed by atoms with Crippen molar-refractivity contribution in [1.82, 2.24) is 14.8 Å². The van der Waals surface area contributed by atoms with Gasteiger partial charge in [0.15, 0.2) is 28.7 Å². The summed E-state index contributed by atoms with van der Waals surface area (Å²) in [6, 6.07) is 11.6. The van der Waals surface area contributed by atoms with E-state index in [0.717, 1.165) is 17.5 Å². The van der Waals surface area contributed by atoms with E-state index in [9.17, 15) is 9.59 Å². The average Bonchev–Trinajstić information content (AvgIpc) is 3.66. The highest BCUT2D eigenvalue weighted by atomic mass is 16.7. The lowest BCUT2D eigenvalue weighted by Crippen LogP contribution is -2.43. The number of ether oxygens (including phenoxy) is 5.